The van der Waals surface area contributed by atoms with Crippen molar-refractivity contribution in [1.82, 2.24) is 15.4 Å². The molecule has 1 amide bonds. The smallest absolute Gasteiger partial charge is 0.262 e. The summed E-state index contributed by atoms with van der Waals surface area (Å²) in [6, 6.07) is 5.38. The number of nitro groups is 1. The number of hydrogen-bond donors (Lipinski definition) is 1. The summed E-state index contributed by atoms with van der Waals surface area (Å²) in [6.45, 7) is 3.69. The zero-order valence-electron chi connectivity index (χ0n) is 13.4. The van der Waals surface area contributed by atoms with Crippen LogP contribution in [0.25, 0.3) is 0 Å². The number of benzene rings is 1. The summed E-state index contributed by atoms with van der Waals surface area (Å²) in [6.07, 6.45) is 1.22. The summed E-state index contributed by atoms with van der Waals surface area (Å²) in [5.41, 5.74) is 3.72. The van der Waals surface area contributed by atoms with Gasteiger partial charge in [-0.15, -0.1) is 0 Å². The summed E-state index contributed by atoms with van der Waals surface area (Å²) in [5.74, 6) is -0.991. The van der Waals surface area contributed by atoms with Crippen LogP contribution in [0.4, 0.5) is 5.69 Å². The van der Waals surface area contributed by atoms with E-state index in [1.807, 2.05) is 19.9 Å². The molecule has 0 aliphatic heterocycles. The number of aryl methyl sites for hydroxylation is 2. The van der Waals surface area contributed by atoms with Gasteiger partial charge in [-0.2, -0.15) is 5.10 Å². The normalized spacial score (nSPS) is 10.8. The van der Waals surface area contributed by atoms with Gasteiger partial charge in [0.05, 0.1) is 16.9 Å². The van der Waals surface area contributed by atoms with Gasteiger partial charge in [-0.05, 0) is 25.7 Å². The zero-order chi connectivity index (χ0) is 18.4. The van der Waals surface area contributed by atoms with Gasteiger partial charge in [-0.3, -0.25) is 14.9 Å². The van der Waals surface area contributed by atoms with Crippen molar-refractivity contribution in [2.45, 2.75) is 19.0 Å². The van der Waals surface area contributed by atoms with E-state index in [0.717, 1.165) is 23.5 Å². The van der Waals surface area contributed by atoms with E-state index in [4.69, 9.17) is 0 Å². The molecule has 0 fully saturated rings. The Morgan fingerprint density at radius 2 is 2.00 bits per heavy atom. The van der Waals surface area contributed by atoms with Gasteiger partial charge in [0.25, 0.3) is 11.6 Å². The first kappa shape index (κ1) is 18.3. The molecular formula is C15H14N5O4S-. The number of hydrazone groups is 1. The molecule has 0 unspecified atom stereocenters. The van der Waals surface area contributed by atoms with Crippen molar-refractivity contribution < 1.29 is 14.8 Å². The summed E-state index contributed by atoms with van der Waals surface area (Å²) < 4.78 is 0. The number of amides is 1. The van der Waals surface area contributed by atoms with E-state index in [2.05, 4.69) is 20.5 Å². The predicted molar refractivity (Wildman–Crippen MR) is 90.5 cm³/mol. The second kappa shape index (κ2) is 8.20. The van der Waals surface area contributed by atoms with E-state index in [9.17, 15) is 20.0 Å². The maximum Gasteiger partial charge on any atom is 0.262 e. The van der Waals surface area contributed by atoms with Crippen LogP contribution >= 0.6 is 11.8 Å². The van der Waals surface area contributed by atoms with Crippen molar-refractivity contribution in [3.05, 3.63) is 51.3 Å². The highest BCUT2D eigenvalue weighted by atomic mass is 32.2. The van der Waals surface area contributed by atoms with Crippen LogP contribution in [-0.2, 0) is 4.79 Å². The lowest BCUT2D eigenvalue weighted by molar-refractivity contribution is -0.398. The SMILES string of the molecule is Cc1cc(C)nc(SCC(=O)N/N=C\c2ccc([O-])c([N+](=O)[O-])c2)n1. The topological polar surface area (TPSA) is 133 Å². The van der Waals surface area contributed by atoms with Gasteiger partial charge in [0.1, 0.15) is 0 Å². The van der Waals surface area contributed by atoms with Crippen molar-refractivity contribution in [3.63, 3.8) is 0 Å². The van der Waals surface area contributed by atoms with Gasteiger partial charge in [-0.25, -0.2) is 15.4 Å². The Morgan fingerprint density at radius 1 is 1.32 bits per heavy atom. The molecule has 25 heavy (non-hydrogen) atoms. The molecule has 1 aromatic heterocycles. The summed E-state index contributed by atoms with van der Waals surface area (Å²) in [5, 5.41) is 26.2. The van der Waals surface area contributed by atoms with Gasteiger partial charge in [0, 0.05) is 23.0 Å². The van der Waals surface area contributed by atoms with Crippen molar-refractivity contribution in [3.8, 4) is 5.75 Å². The molecule has 0 aliphatic carbocycles. The first-order chi connectivity index (χ1) is 11.8. The fraction of sp³-hybridized carbons (Fsp3) is 0.200. The minimum absolute atomic E-state index is 0.0693. The number of nitro benzene ring substituents is 1. The average molecular weight is 360 g/mol. The van der Waals surface area contributed by atoms with Gasteiger partial charge in [-0.1, -0.05) is 23.9 Å². The van der Waals surface area contributed by atoms with E-state index in [1.54, 1.807) is 0 Å². The monoisotopic (exact) mass is 360 g/mol. The molecule has 130 valence electrons. The fourth-order valence-corrected chi connectivity index (χ4v) is 2.60. The average Bonchev–Trinajstić information content (AvgIpc) is 2.53. The Labute approximate surface area is 147 Å². The van der Waals surface area contributed by atoms with Crippen LogP contribution in [0.1, 0.15) is 17.0 Å². The van der Waals surface area contributed by atoms with Crippen LogP contribution < -0.4 is 10.5 Å². The lowest BCUT2D eigenvalue weighted by atomic mass is 10.2. The van der Waals surface area contributed by atoms with Crippen LogP contribution in [0, 0.1) is 24.0 Å². The van der Waals surface area contributed by atoms with E-state index in [0.29, 0.717) is 10.7 Å². The molecule has 0 spiro atoms. The number of rotatable bonds is 6. The van der Waals surface area contributed by atoms with Gasteiger partial charge >= 0.3 is 0 Å². The van der Waals surface area contributed by atoms with Crippen LogP contribution in [-0.4, -0.2) is 32.8 Å². The lowest BCUT2D eigenvalue weighted by Gasteiger charge is -2.06. The molecule has 1 N–H and O–H groups in total. The number of carbonyl (C=O) groups excluding carboxylic acids is 1. The Kier molecular flexibility index (Phi) is 6.01. The standard InChI is InChI=1S/C15H15N5O4S/c1-9-5-10(2)18-15(17-9)25-8-14(22)19-16-7-11-3-4-13(21)12(6-11)20(23)24/h3-7,21H,8H2,1-2H3,(H,19,22)/p-1/b16-7-. The highest BCUT2D eigenvalue weighted by molar-refractivity contribution is 7.99. The van der Waals surface area contributed by atoms with Crippen LogP contribution in [0.2, 0.25) is 0 Å². The highest BCUT2D eigenvalue weighted by Crippen LogP contribution is 2.22. The quantitative estimate of drug-likeness (QED) is 0.270. The van der Waals surface area contributed by atoms with E-state index in [1.165, 1.54) is 24.0 Å². The zero-order valence-corrected chi connectivity index (χ0v) is 14.2. The van der Waals surface area contributed by atoms with Crippen molar-refractivity contribution in [2.75, 3.05) is 5.75 Å². The number of nitrogens with zero attached hydrogens (tertiary/aromatic N) is 4. The Balaban J connectivity index is 1.90. The molecule has 2 aromatic rings. The van der Waals surface area contributed by atoms with Crippen LogP contribution in [0.3, 0.4) is 0 Å². The third kappa shape index (κ3) is 5.53. The molecule has 0 saturated heterocycles. The van der Waals surface area contributed by atoms with Crippen LogP contribution in [0.5, 0.6) is 5.75 Å². The first-order valence-electron chi connectivity index (χ1n) is 7.07. The minimum Gasteiger partial charge on any atom is -0.868 e. The molecule has 0 atom stereocenters. The summed E-state index contributed by atoms with van der Waals surface area (Å²) >= 11 is 1.17. The Bertz CT molecular complexity index is 820. The third-order valence-electron chi connectivity index (χ3n) is 2.88. The number of carbonyl (C=O) groups is 1. The molecule has 0 radical (unpaired) electrons. The van der Waals surface area contributed by atoms with Crippen molar-refractivity contribution in [2.24, 2.45) is 5.10 Å². The molecule has 1 heterocycles. The number of hydrogen-bond acceptors (Lipinski definition) is 8. The molecular weight excluding hydrogens is 346 g/mol. The number of aromatic nitrogens is 2. The van der Waals surface area contributed by atoms with E-state index < -0.39 is 16.4 Å². The van der Waals surface area contributed by atoms with Crippen LogP contribution in [0.15, 0.2) is 34.5 Å². The predicted octanol–water partition coefficient (Wildman–Crippen LogP) is 1.32. The Hall–Kier alpha value is -3.01. The molecule has 0 saturated carbocycles. The third-order valence-corrected chi connectivity index (χ3v) is 3.72. The fourth-order valence-electron chi connectivity index (χ4n) is 1.86. The number of thioether (sulfide) groups is 1. The lowest BCUT2D eigenvalue weighted by Crippen LogP contribution is -2.19. The molecule has 10 heteroatoms. The molecule has 2 rings (SSSR count). The number of nitrogens with one attached hydrogen (secondary N) is 1. The second-order valence-electron chi connectivity index (χ2n) is 5.00. The molecule has 0 aliphatic rings. The van der Waals surface area contributed by atoms with Gasteiger partial charge in [0.2, 0.25) is 0 Å². The molecule has 9 nitrogen and oxygen atoms in total. The Morgan fingerprint density at radius 3 is 2.64 bits per heavy atom. The highest BCUT2D eigenvalue weighted by Gasteiger charge is 2.08. The molecule has 1 aromatic carbocycles. The summed E-state index contributed by atoms with van der Waals surface area (Å²) in [4.78, 5) is 30.1. The summed E-state index contributed by atoms with van der Waals surface area (Å²) in [7, 11) is 0. The van der Waals surface area contributed by atoms with Gasteiger partial charge < -0.3 is 5.11 Å². The van der Waals surface area contributed by atoms with E-state index >= 15 is 0 Å². The maximum absolute atomic E-state index is 11.7. The van der Waals surface area contributed by atoms with E-state index in [-0.39, 0.29) is 11.7 Å². The van der Waals surface area contributed by atoms with Crippen molar-refractivity contribution in [1.29, 1.82) is 0 Å². The molecule has 0 bridgehead atoms. The van der Waals surface area contributed by atoms with Gasteiger partial charge in [0.15, 0.2) is 5.16 Å². The van der Waals surface area contributed by atoms with Crippen molar-refractivity contribution >= 4 is 29.6 Å². The minimum atomic E-state index is -0.765. The maximum atomic E-state index is 11.7. The first-order valence-corrected chi connectivity index (χ1v) is 8.06. The second-order valence-corrected chi connectivity index (χ2v) is 5.94. The largest absolute Gasteiger partial charge is 0.868 e.